The minimum absolute atomic E-state index is 0.0434. The molecule has 0 aromatic rings. The Kier molecular flexibility index (Phi) is 8.41. The van der Waals surface area contributed by atoms with Crippen LogP contribution in [0.4, 0.5) is 4.79 Å². The molecule has 2 aliphatic heterocycles. The molecule has 0 aromatic carbocycles. The molecule has 1 amide bonds. The van der Waals surface area contributed by atoms with Gasteiger partial charge in [-0.1, -0.05) is 11.6 Å². The van der Waals surface area contributed by atoms with Crippen molar-refractivity contribution in [1.29, 1.82) is 0 Å². The molecule has 0 aromatic heterocycles. The van der Waals surface area contributed by atoms with Crippen LogP contribution >= 0.6 is 0 Å². The van der Waals surface area contributed by atoms with Crippen molar-refractivity contribution in [3.05, 3.63) is 11.6 Å². The van der Waals surface area contributed by atoms with Crippen molar-refractivity contribution in [2.24, 2.45) is 5.92 Å². The van der Waals surface area contributed by atoms with Crippen LogP contribution < -0.4 is 10.6 Å². The molecule has 178 valence electrons. The summed E-state index contributed by atoms with van der Waals surface area (Å²) in [6, 6.07) is 0.431. The molecule has 7 nitrogen and oxygen atoms in total. The van der Waals surface area contributed by atoms with E-state index < -0.39 is 11.4 Å². The van der Waals surface area contributed by atoms with Gasteiger partial charge in [0.05, 0.1) is 6.10 Å². The molecule has 2 N–H and O–H groups in total. The number of nitrogens with one attached hydrogen (secondary N) is 2. The van der Waals surface area contributed by atoms with E-state index in [1.165, 1.54) is 18.4 Å². The molecular weight excluding hydrogens is 396 g/mol. The lowest BCUT2D eigenvalue weighted by Crippen LogP contribution is -2.47. The topological polar surface area (TPSA) is 78.1 Å². The molecule has 4 rings (SSSR count). The molecule has 2 saturated carbocycles. The van der Waals surface area contributed by atoms with Gasteiger partial charge in [-0.2, -0.15) is 0 Å². The summed E-state index contributed by atoms with van der Waals surface area (Å²) in [5, 5.41) is 6.41. The van der Waals surface area contributed by atoms with E-state index in [0.29, 0.717) is 12.6 Å². The molecule has 2 bridgehead atoms. The minimum Gasteiger partial charge on any atom is -0.444 e. The fraction of sp³-hybridized carbons (Fsp3) is 0.875. The van der Waals surface area contributed by atoms with Gasteiger partial charge in [-0.05, 0) is 85.6 Å². The fourth-order valence-corrected chi connectivity index (χ4v) is 4.77. The summed E-state index contributed by atoms with van der Waals surface area (Å²) in [6.45, 7) is 11.3. The summed E-state index contributed by atoms with van der Waals surface area (Å²) >= 11 is 0. The van der Waals surface area contributed by atoms with Crippen LogP contribution in [0.3, 0.4) is 0 Å². The molecule has 2 fully saturated rings. The van der Waals surface area contributed by atoms with E-state index in [1.807, 2.05) is 27.7 Å². The zero-order chi connectivity index (χ0) is 22.5. The molecule has 0 radical (unpaired) electrons. The molecule has 2 atom stereocenters. The zero-order valence-corrected chi connectivity index (χ0v) is 20.0. The highest BCUT2D eigenvalue weighted by atomic mass is 17.2. The zero-order valence-electron chi connectivity index (χ0n) is 20.0. The van der Waals surface area contributed by atoms with Gasteiger partial charge in [0, 0.05) is 25.4 Å². The lowest BCUT2D eigenvalue weighted by atomic mass is 9.76. The number of ether oxygens (including phenoxy) is 2. The van der Waals surface area contributed by atoms with E-state index in [1.54, 1.807) is 0 Å². The molecule has 4 aliphatic rings. The Bertz CT molecular complexity index is 614. The van der Waals surface area contributed by atoms with E-state index >= 15 is 0 Å². The van der Waals surface area contributed by atoms with E-state index in [2.05, 4.69) is 23.6 Å². The molecule has 2 aliphatic carbocycles. The van der Waals surface area contributed by atoms with Crippen LogP contribution in [0.1, 0.15) is 86.0 Å². The van der Waals surface area contributed by atoms with Crippen molar-refractivity contribution in [1.82, 2.24) is 10.6 Å². The minimum atomic E-state index is -0.642. The number of alkyl carbamates (subject to hydrolysis) is 1. The highest BCUT2D eigenvalue weighted by Gasteiger charge is 2.41. The van der Waals surface area contributed by atoms with Crippen LogP contribution in [-0.4, -0.2) is 48.8 Å². The van der Waals surface area contributed by atoms with E-state index in [-0.39, 0.29) is 18.3 Å². The molecular formula is C24H42N2O5. The third-order valence-corrected chi connectivity index (χ3v) is 6.21. The summed E-state index contributed by atoms with van der Waals surface area (Å²) in [6.07, 6.45) is 9.87. The van der Waals surface area contributed by atoms with Crippen molar-refractivity contribution < 1.29 is 24.0 Å². The summed E-state index contributed by atoms with van der Waals surface area (Å²) < 4.78 is 11.7. The first-order valence-corrected chi connectivity index (χ1v) is 12.0. The highest BCUT2D eigenvalue weighted by Crippen LogP contribution is 2.41. The van der Waals surface area contributed by atoms with Crippen molar-refractivity contribution in [2.45, 2.75) is 116 Å². The predicted octanol–water partition coefficient (Wildman–Crippen LogP) is 4.61. The van der Waals surface area contributed by atoms with Crippen molar-refractivity contribution in [3.8, 4) is 0 Å². The lowest BCUT2D eigenvalue weighted by Gasteiger charge is -2.41. The van der Waals surface area contributed by atoms with Crippen LogP contribution in [0, 0.1) is 5.92 Å². The average molecular weight is 439 g/mol. The van der Waals surface area contributed by atoms with Crippen LogP contribution in [0.15, 0.2) is 11.6 Å². The molecule has 0 saturated heterocycles. The summed E-state index contributed by atoms with van der Waals surface area (Å²) in [5.41, 5.74) is 1.02. The van der Waals surface area contributed by atoms with Gasteiger partial charge in [0.1, 0.15) is 11.7 Å². The Morgan fingerprint density at radius 2 is 1.90 bits per heavy atom. The Hall–Kier alpha value is -1.15. The van der Waals surface area contributed by atoms with Gasteiger partial charge in [0.15, 0.2) is 0 Å². The number of hydrogen-bond acceptors (Lipinski definition) is 6. The largest absolute Gasteiger partial charge is 0.444 e. The van der Waals surface area contributed by atoms with Crippen LogP contribution in [0.25, 0.3) is 0 Å². The van der Waals surface area contributed by atoms with Gasteiger partial charge in [0.2, 0.25) is 5.79 Å². The Morgan fingerprint density at radius 3 is 2.58 bits per heavy atom. The van der Waals surface area contributed by atoms with E-state index in [9.17, 15) is 4.79 Å². The molecule has 2 heterocycles. The Balaban J connectivity index is 1.38. The van der Waals surface area contributed by atoms with E-state index in [4.69, 9.17) is 19.2 Å². The van der Waals surface area contributed by atoms with Gasteiger partial charge in [-0.15, -0.1) is 0 Å². The smallest absolute Gasteiger partial charge is 0.407 e. The summed E-state index contributed by atoms with van der Waals surface area (Å²) in [7, 11) is 0. The highest BCUT2D eigenvalue weighted by molar-refractivity contribution is 5.67. The number of amides is 1. The number of fused-ring (bicyclic) bond motifs is 5. The van der Waals surface area contributed by atoms with Gasteiger partial charge in [-0.3, -0.25) is 0 Å². The van der Waals surface area contributed by atoms with Crippen LogP contribution in [-0.2, 0) is 19.2 Å². The number of rotatable bonds is 5. The quantitative estimate of drug-likeness (QED) is 0.371. The second-order valence-electron chi connectivity index (χ2n) is 10.6. The monoisotopic (exact) mass is 438 g/mol. The number of hydrogen-bond donors (Lipinski definition) is 2. The first kappa shape index (κ1) is 24.5. The molecule has 1 spiro atoms. The van der Waals surface area contributed by atoms with Crippen molar-refractivity contribution >= 4 is 6.09 Å². The predicted molar refractivity (Wildman–Crippen MR) is 119 cm³/mol. The number of carbonyl (C=O) groups is 1. The SMILES string of the molecule is CC1C=C2CC(C2)CC(C)OC2(CCC(NCCCNC(=O)OC(C)(C)C)CC2)OO1. The van der Waals surface area contributed by atoms with Gasteiger partial charge in [0.25, 0.3) is 0 Å². The Morgan fingerprint density at radius 1 is 1.19 bits per heavy atom. The third-order valence-electron chi connectivity index (χ3n) is 6.21. The normalized spacial score (nSPS) is 34.3. The molecule has 7 heteroatoms. The Labute approximate surface area is 187 Å². The fourth-order valence-electron chi connectivity index (χ4n) is 4.77. The maximum absolute atomic E-state index is 11.7. The van der Waals surface area contributed by atoms with Crippen molar-refractivity contribution in [2.75, 3.05) is 13.1 Å². The summed E-state index contributed by atoms with van der Waals surface area (Å²) in [5.74, 6) is 0.0908. The maximum atomic E-state index is 11.7. The van der Waals surface area contributed by atoms with Gasteiger partial charge in [-0.25, -0.2) is 14.6 Å². The number of carbonyl (C=O) groups excluding carboxylic acids is 1. The first-order chi connectivity index (χ1) is 14.6. The number of allylic oxidation sites excluding steroid dienone is 1. The van der Waals surface area contributed by atoms with E-state index in [0.717, 1.165) is 51.0 Å². The second-order valence-corrected chi connectivity index (χ2v) is 10.6. The molecule has 31 heavy (non-hydrogen) atoms. The van der Waals surface area contributed by atoms with Gasteiger partial charge >= 0.3 is 6.09 Å². The molecule has 2 unspecified atom stereocenters. The second kappa shape index (κ2) is 10.6. The summed E-state index contributed by atoms with van der Waals surface area (Å²) in [4.78, 5) is 23.4. The van der Waals surface area contributed by atoms with Gasteiger partial charge < -0.3 is 20.1 Å². The maximum Gasteiger partial charge on any atom is 0.407 e. The third kappa shape index (κ3) is 8.04. The average Bonchev–Trinajstić information content (AvgIpc) is 2.67. The van der Waals surface area contributed by atoms with Crippen LogP contribution in [0.5, 0.6) is 0 Å². The van der Waals surface area contributed by atoms with Crippen LogP contribution in [0.2, 0.25) is 0 Å². The lowest BCUT2D eigenvalue weighted by molar-refractivity contribution is -0.451. The standard InChI is InChI=1S/C24H42N2O5/c1-17-13-19-15-20(16-19)14-18(2)30-31-24(28-17)9-7-21(8-10-24)25-11-6-12-26-22(27)29-23(3,4)5/h14,17-19,21,25H,6-13,15-16H2,1-5H3,(H,26,27). The first-order valence-electron chi connectivity index (χ1n) is 12.0. The van der Waals surface area contributed by atoms with Crippen molar-refractivity contribution in [3.63, 3.8) is 0 Å².